The summed E-state index contributed by atoms with van der Waals surface area (Å²) in [6.07, 6.45) is 3.46. The number of carbonyl (C=O) groups excluding carboxylic acids is 1. The quantitative estimate of drug-likeness (QED) is 0.494. The van der Waals surface area contributed by atoms with E-state index >= 15 is 0 Å². The number of rotatable bonds is 3. The molecule has 0 saturated carbocycles. The topological polar surface area (TPSA) is 66.5 Å². The van der Waals surface area contributed by atoms with Crippen molar-refractivity contribution in [3.05, 3.63) is 89.9 Å². The largest absolute Gasteiger partial charge is 0.465 e. The molecule has 2 aliphatic heterocycles. The van der Waals surface area contributed by atoms with Gasteiger partial charge in [-0.1, -0.05) is 24.3 Å². The van der Waals surface area contributed by atoms with E-state index in [0.717, 1.165) is 28.0 Å². The van der Waals surface area contributed by atoms with Crippen LogP contribution in [0, 0.1) is 5.82 Å². The lowest BCUT2D eigenvalue weighted by molar-refractivity contribution is -0.128. The maximum absolute atomic E-state index is 13.9. The van der Waals surface area contributed by atoms with E-state index in [4.69, 9.17) is 4.42 Å². The first kappa shape index (κ1) is 20.5. The van der Waals surface area contributed by atoms with Gasteiger partial charge in [-0.25, -0.2) is 9.07 Å². The highest BCUT2D eigenvalue weighted by Crippen LogP contribution is 2.40. The predicted octanol–water partition coefficient (Wildman–Crippen LogP) is 4.41. The van der Waals surface area contributed by atoms with Crippen molar-refractivity contribution < 1.29 is 13.6 Å². The van der Waals surface area contributed by atoms with Gasteiger partial charge in [0.25, 0.3) is 5.91 Å². The van der Waals surface area contributed by atoms with Crippen molar-refractivity contribution in [2.75, 3.05) is 36.4 Å². The minimum Gasteiger partial charge on any atom is -0.465 e. The third kappa shape index (κ3) is 3.34. The molecule has 6 rings (SSSR count). The fraction of sp³-hybridized carbons (Fsp3) is 0.231. The highest BCUT2D eigenvalue weighted by atomic mass is 19.1. The van der Waals surface area contributed by atoms with Crippen LogP contribution >= 0.6 is 0 Å². The molecule has 1 saturated heterocycles. The lowest BCUT2D eigenvalue weighted by Crippen LogP contribution is -2.50. The van der Waals surface area contributed by atoms with Gasteiger partial charge in [0.1, 0.15) is 23.4 Å². The highest BCUT2D eigenvalue weighted by molar-refractivity contribution is 5.98. The summed E-state index contributed by atoms with van der Waals surface area (Å²) in [5, 5.41) is 9.81. The zero-order valence-corrected chi connectivity index (χ0v) is 18.7. The van der Waals surface area contributed by atoms with E-state index in [-0.39, 0.29) is 11.7 Å². The van der Waals surface area contributed by atoms with E-state index in [1.165, 1.54) is 12.1 Å². The van der Waals surface area contributed by atoms with Crippen LogP contribution in [0.1, 0.15) is 18.7 Å². The zero-order valence-electron chi connectivity index (χ0n) is 18.7. The van der Waals surface area contributed by atoms with Gasteiger partial charge < -0.3 is 19.5 Å². The maximum atomic E-state index is 13.9. The first-order valence-corrected chi connectivity index (χ1v) is 11.4. The van der Waals surface area contributed by atoms with Crippen LogP contribution in [0.15, 0.2) is 82.7 Å². The Labute approximate surface area is 196 Å². The number of furan rings is 1. The summed E-state index contributed by atoms with van der Waals surface area (Å²) in [4.78, 5) is 18.0. The first-order valence-electron chi connectivity index (χ1n) is 11.4. The molecule has 34 heavy (non-hydrogen) atoms. The predicted molar refractivity (Wildman–Crippen MR) is 128 cm³/mol. The Bertz CT molecular complexity index is 1400. The highest BCUT2D eigenvalue weighted by Gasteiger charge is 2.38. The molecule has 1 N–H and O–H groups in total. The minimum atomic E-state index is -0.464. The number of piperazine rings is 1. The Kier molecular flexibility index (Phi) is 4.86. The van der Waals surface area contributed by atoms with Crippen LogP contribution in [-0.4, -0.2) is 46.8 Å². The third-order valence-corrected chi connectivity index (χ3v) is 6.68. The fourth-order valence-corrected chi connectivity index (χ4v) is 4.94. The molecule has 1 unspecified atom stereocenters. The van der Waals surface area contributed by atoms with E-state index < -0.39 is 6.04 Å². The molecule has 0 spiro atoms. The van der Waals surface area contributed by atoms with Crippen molar-refractivity contribution in [1.82, 2.24) is 14.7 Å². The molecule has 7 nitrogen and oxygen atoms in total. The van der Waals surface area contributed by atoms with Crippen molar-refractivity contribution in [2.45, 2.75) is 13.0 Å². The fourth-order valence-electron chi connectivity index (χ4n) is 4.94. The summed E-state index contributed by atoms with van der Waals surface area (Å²) in [6, 6.07) is 15.9. The number of benzene rings is 2. The molecule has 1 amide bonds. The normalized spacial score (nSPS) is 18.2. The van der Waals surface area contributed by atoms with Gasteiger partial charge in [0, 0.05) is 54.4 Å². The van der Waals surface area contributed by atoms with Crippen molar-refractivity contribution in [3.63, 3.8) is 0 Å². The van der Waals surface area contributed by atoms with Gasteiger partial charge in [-0.15, -0.1) is 0 Å². The van der Waals surface area contributed by atoms with Crippen molar-refractivity contribution in [2.24, 2.45) is 0 Å². The van der Waals surface area contributed by atoms with E-state index in [1.54, 1.807) is 24.6 Å². The van der Waals surface area contributed by atoms with Gasteiger partial charge >= 0.3 is 0 Å². The van der Waals surface area contributed by atoms with Crippen molar-refractivity contribution in [1.29, 1.82) is 0 Å². The number of nitrogens with one attached hydrogen (secondary N) is 1. The summed E-state index contributed by atoms with van der Waals surface area (Å²) < 4.78 is 21.2. The smallest absolute Gasteiger partial charge is 0.254 e. The molecule has 4 heterocycles. The van der Waals surface area contributed by atoms with Gasteiger partial charge in [0.05, 0.1) is 18.0 Å². The molecule has 2 aromatic carbocycles. The van der Waals surface area contributed by atoms with Crippen LogP contribution in [0.5, 0.6) is 0 Å². The lowest BCUT2D eigenvalue weighted by Gasteiger charge is -2.38. The molecular weight excluding hydrogens is 433 g/mol. The van der Waals surface area contributed by atoms with Crippen LogP contribution in [-0.2, 0) is 4.79 Å². The van der Waals surface area contributed by atoms with Gasteiger partial charge in [0.2, 0.25) is 0 Å². The van der Waals surface area contributed by atoms with E-state index in [1.807, 2.05) is 46.8 Å². The summed E-state index contributed by atoms with van der Waals surface area (Å²) >= 11 is 0. The van der Waals surface area contributed by atoms with E-state index in [0.29, 0.717) is 37.5 Å². The SMILES string of the molecule is CC1=C(C(=O)N2CCN(c3ccc(F)cc3)CC2)C(c2occ3ccccc23)n2nccc2N1. The summed E-state index contributed by atoms with van der Waals surface area (Å²) in [5.74, 6) is 1.24. The van der Waals surface area contributed by atoms with E-state index in [9.17, 15) is 9.18 Å². The molecule has 4 aromatic rings. The second-order valence-corrected chi connectivity index (χ2v) is 8.67. The molecule has 1 fully saturated rings. The summed E-state index contributed by atoms with van der Waals surface area (Å²) in [7, 11) is 0. The number of hydrogen-bond donors (Lipinski definition) is 1. The first-order chi connectivity index (χ1) is 16.6. The van der Waals surface area contributed by atoms with Crippen molar-refractivity contribution in [3.8, 4) is 0 Å². The number of carbonyl (C=O) groups is 1. The van der Waals surface area contributed by atoms with Crippen LogP contribution in [0.2, 0.25) is 0 Å². The number of anilines is 2. The van der Waals surface area contributed by atoms with Gasteiger partial charge in [-0.3, -0.25) is 4.79 Å². The molecule has 2 aromatic heterocycles. The number of allylic oxidation sites excluding steroid dienone is 1. The molecule has 0 bridgehead atoms. The van der Waals surface area contributed by atoms with Crippen LogP contribution < -0.4 is 10.2 Å². The number of amides is 1. The Balaban J connectivity index is 1.31. The number of hydrogen-bond acceptors (Lipinski definition) is 5. The second-order valence-electron chi connectivity index (χ2n) is 8.67. The van der Waals surface area contributed by atoms with Crippen LogP contribution in [0.25, 0.3) is 10.8 Å². The Morgan fingerprint density at radius 3 is 2.62 bits per heavy atom. The standard InChI is InChI=1S/C26H24FN5O2/c1-17-23(26(33)31-14-12-30(13-15-31)20-8-6-19(27)7-9-20)24(32-22(29-17)10-11-28-32)25-21-5-3-2-4-18(21)16-34-25/h2-11,16,24,29H,12-15H2,1H3. The molecule has 2 aliphatic rings. The van der Waals surface area contributed by atoms with Crippen LogP contribution in [0.4, 0.5) is 15.9 Å². The van der Waals surface area contributed by atoms with Crippen molar-refractivity contribution >= 4 is 28.2 Å². The molecule has 8 heteroatoms. The maximum Gasteiger partial charge on any atom is 0.254 e. The van der Waals surface area contributed by atoms with Gasteiger partial charge in [-0.05, 0) is 31.2 Å². The zero-order chi connectivity index (χ0) is 23.2. The third-order valence-electron chi connectivity index (χ3n) is 6.68. The number of halogens is 1. The molecule has 172 valence electrons. The van der Waals surface area contributed by atoms with Gasteiger partial charge in [0.15, 0.2) is 0 Å². The monoisotopic (exact) mass is 457 g/mol. The second kappa shape index (κ2) is 8.06. The number of fused-ring (bicyclic) bond motifs is 2. The Morgan fingerprint density at radius 2 is 1.82 bits per heavy atom. The number of aromatic nitrogens is 2. The van der Waals surface area contributed by atoms with Gasteiger partial charge in [-0.2, -0.15) is 5.10 Å². The summed E-state index contributed by atoms with van der Waals surface area (Å²) in [6.45, 7) is 4.43. The Hall–Kier alpha value is -4.07. The van der Waals surface area contributed by atoms with E-state index in [2.05, 4.69) is 15.3 Å². The van der Waals surface area contributed by atoms with Crippen LogP contribution in [0.3, 0.4) is 0 Å². The molecule has 0 aliphatic carbocycles. The average Bonchev–Trinajstić information content (AvgIpc) is 3.50. The Morgan fingerprint density at radius 1 is 1.06 bits per heavy atom. The minimum absolute atomic E-state index is 0.0320. The number of nitrogens with zero attached hydrogens (tertiary/aromatic N) is 4. The summed E-state index contributed by atoms with van der Waals surface area (Å²) in [5.41, 5.74) is 2.39. The average molecular weight is 458 g/mol. The molecule has 1 atom stereocenters. The molecular formula is C26H24FN5O2. The molecule has 0 radical (unpaired) electrons. The lowest BCUT2D eigenvalue weighted by atomic mass is 9.96.